The average molecular weight is 334 g/mol. The average Bonchev–Trinajstić information content (AvgIpc) is 2.45. The second kappa shape index (κ2) is 8.10. The first-order valence-corrected chi connectivity index (χ1v) is 8.49. The fourth-order valence-electron chi connectivity index (χ4n) is 3.10. The van der Waals surface area contributed by atoms with Crippen molar-refractivity contribution >= 4 is 5.91 Å². The molecule has 0 saturated carbocycles. The van der Waals surface area contributed by atoms with Crippen LogP contribution in [0.1, 0.15) is 25.0 Å². The number of amides is 1. The number of carbonyl (C=O) groups is 1. The Kier molecular flexibility index (Phi) is 6.38. The van der Waals surface area contributed by atoms with Crippen molar-refractivity contribution in [1.29, 1.82) is 0 Å². The zero-order valence-electron chi connectivity index (χ0n) is 15.5. The van der Waals surface area contributed by atoms with Gasteiger partial charge in [-0.25, -0.2) is 0 Å². The van der Waals surface area contributed by atoms with Crippen LogP contribution in [0.4, 0.5) is 0 Å². The molecule has 1 saturated heterocycles. The molecule has 24 heavy (non-hydrogen) atoms. The van der Waals surface area contributed by atoms with Gasteiger partial charge >= 0.3 is 0 Å². The lowest BCUT2D eigenvalue weighted by atomic mass is 10.0. The molecule has 1 amide bonds. The van der Waals surface area contributed by atoms with Crippen molar-refractivity contribution in [3.05, 3.63) is 35.4 Å². The van der Waals surface area contributed by atoms with E-state index in [1.54, 1.807) is 14.1 Å². The minimum atomic E-state index is -0.221. The first-order valence-electron chi connectivity index (χ1n) is 8.49. The van der Waals surface area contributed by atoms with Crippen LogP contribution < -0.4 is 0 Å². The Morgan fingerprint density at radius 2 is 2.17 bits per heavy atom. The van der Waals surface area contributed by atoms with Gasteiger partial charge in [0.1, 0.15) is 6.61 Å². The lowest BCUT2D eigenvalue weighted by Crippen LogP contribution is -2.53. The van der Waals surface area contributed by atoms with E-state index in [9.17, 15) is 4.79 Å². The van der Waals surface area contributed by atoms with Gasteiger partial charge in [0.05, 0.1) is 18.3 Å². The van der Waals surface area contributed by atoms with Gasteiger partial charge in [-0.05, 0) is 26.3 Å². The maximum Gasteiger partial charge on any atom is 0.248 e. The maximum absolute atomic E-state index is 11.6. The van der Waals surface area contributed by atoms with E-state index in [-0.39, 0.29) is 24.2 Å². The lowest BCUT2D eigenvalue weighted by molar-refractivity contribution is -0.161. The molecule has 134 valence electrons. The summed E-state index contributed by atoms with van der Waals surface area (Å²) in [5.74, 6) is -0.0262. The molecule has 1 aliphatic rings. The van der Waals surface area contributed by atoms with Crippen molar-refractivity contribution in [2.75, 3.05) is 40.4 Å². The van der Waals surface area contributed by atoms with Crippen molar-refractivity contribution in [2.24, 2.45) is 0 Å². The number of hydrogen-bond donors (Lipinski definition) is 0. The van der Waals surface area contributed by atoms with Crippen molar-refractivity contribution in [3.63, 3.8) is 0 Å². The van der Waals surface area contributed by atoms with Gasteiger partial charge in [-0.1, -0.05) is 29.8 Å². The Labute approximate surface area is 145 Å². The smallest absolute Gasteiger partial charge is 0.248 e. The van der Waals surface area contributed by atoms with Crippen LogP contribution in [0.3, 0.4) is 0 Å². The number of ether oxygens (including phenoxy) is 2. The third kappa shape index (κ3) is 5.89. The highest BCUT2D eigenvalue weighted by atomic mass is 16.5. The van der Waals surface area contributed by atoms with E-state index in [1.165, 1.54) is 16.0 Å². The van der Waals surface area contributed by atoms with Crippen LogP contribution in [0.25, 0.3) is 0 Å². The highest BCUT2D eigenvalue weighted by Gasteiger charge is 2.33. The number of nitrogens with zero attached hydrogens (tertiary/aromatic N) is 2. The topological polar surface area (TPSA) is 42.0 Å². The summed E-state index contributed by atoms with van der Waals surface area (Å²) in [6.45, 7) is 9.47. The second-order valence-electron chi connectivity index (χ2n) is 7.46. The predicted molar refractivity (Wildman–Crippen MR) is 94.9 cm³/mol. The van der Waals surface area contributed by atoms with Gasteiger partial charge in [0.2, 0.25) is 5.91 Å². The molecule has 1 aromatic rings. The SMILES string of the molecule is Cc1cccc(CN2C[C@@H](COCC(=O)N(C)C)OC(C)(C)C2)c1. The molecule has 1 aromatic carbocycles. The Balaban J connectivity index is 1.90. The molecule has 1 heterocycles. The Morgan fingerprint density at radius 3 is 2.83 bits per heavy atom. The molecule has 1 aliphatic heterocycles. The van der Waals surface area contributed by atoms with E-state index in [0.717, 1.165) is 19.6 Å². The van der Waals surface area contributed by atoms with Crippen LogP contribution in [0.2, 0.25) is 0 Å². The summed E-state index contributed by atoms with van der Waals surface area (Å²) in [5.41, 5.74) is 2.37. The first-order chi connectivity index (χ1) is 11.2. The van der Waals surface area contributed by atoms with Crippen molar-refractivity contribution in [3.8, 4) is 0 Å². The third-order valence-corrected chi connectivity index (χ3v) is 4.07. The summed E-state index contributed by atoms with van der Waals surface area (Å²) in [7, 11) is 3.46. The monoisotopic (exact) mass is 334 g/mol. The number of carbonyl (C=O) groups excluding carboxylic acids is 1. The molecular weight excluding hydrogens is 304 g/mol. The van der Waals surface area contributed by atoms with Crippen LogP contribution in [0, 0.1) is 6.92 Å². The predicted octanol–water partition coefficient (Wildman–Crippen LogP) is 2.08. The van der Waals surface area contributed by atoms with E-state index < -0.39 is 0 Å². The number of benzene rings is 1. The lowest BCUT2D eigenvalue weighted by Gasteiger charge is -2.42. The van der Waals surface area contributed by atoms with E-state index in [0.29, 0.717) is 6.61 Å². The maximum atomic E-state index is 11.6. The quantitative estimate of drug-likeness (QED) is 0.799. The van der Waals surface area contributed by atoms with E-state index in [1.807, 2.05) is 0 Å². The van der Waals surface area contributed by atoms with Crippen molar-refractivity contribution in [2.45, 2.75) is 39.0 Å². The number of likely N-dealkylation sites (N-methyl/N-ethyl adjacent to an activating group) is 1. The number of morpholine rings is 1. The highest BCUT2D eigenvalue weighted by Crippen LogP contribution is 2.23. The largest absolute Gasteiger partial charge is 0.369 e. The molecule has 0 radical (unpaired) electrons. The molecule has 0 spiro atoms. The molecule has 0 bridgehead atoms. The molecule has 0 N–H and O–H groups in total. The molecule has 5 heteroatoms. The molecule has 0 aromatic heterocycles. The third-order valence-electron chi connectivity index (χ3n) is 4.07. The summed E-state index contributed by atoms with van der Waals surface area (Å²) in [6.07, 6.45) is -0.0199. The van der Waals surface area contributed by atoms with Gasteiger partial charge in [-0.15, -0.1) is 0 Å². The fraction of sp³-hybridized carbons (Fsp3) is 0.632. The van der Waals surface area contributed by atoms with Gasteiger partial charge in [-0.2, -0.15) is 0 Å². The summed E-state index contributed by atoms with van der Waals surface area (Å²) < 4.78 is 11.7. The molecule has 5 nitrogen and oxygen atoms in total. The zero-order chi connectivity index (χ0) is 17.7. The number of rotatable bonds is 6. The summed E-state index contributed by atoms with van der Waals surface area (Å²) in [5, 5.41) is 0. The Bertz CT molecular complexity index is 557. The highest BCUT2D eigenvalue weighted by molar-refractivity contribution is 5.76. The van der Waals surface area contributed by atoms with Gasteiger partial charge in [0.15, 0.2) is 0 Å². The Hall–Kier alpha value is -1.43. The second-order valence-corrected chi connectivity index (χ2v) is 7.46. The summed E-state index contributed by atoms with van der Waals surface area (Å²) >= 11 is 0. The first kappa shape index (κ1) is 18.9. The van der Waals surface area contributed by atoms with Gasteiger partial charge in [-0.3, -0.25) is 9.69 Å². The van der Waals surface area contributed by atoms with Gasteiger partial charge < -0.3 is 14.4 Å². The van der Waals surface area contributed by atoms with Crippen molar-refractivity contribution < 1.29 is 14.3 Å². The fourth-order valence-corrected chi connectivity index (χ4v) is 3.10. The summed E-state index contributed by atoms with van der Waals surface area (Å²) in [6, 6.07) is 8.61. The van der Waals surface area contributed by atoms with Crippen molar-refractivity contribution in [1.82, 2.24) is 9.80 Å². The summed E-state index contributed by atoms with van der Waals surface area (Å²) in [4.78, 5) is 15.5. The van der Waals surface area contributed by atoms with Crippen LogP contribution in [-0.2, 0) is 20.8 Å². The minimum absolute atomic E-state index is 0.0199. The van der Waals surface area contributed by atoms with Crippen LogP contribution in [0.5, 0.6) is 0 Å². The van der Waals surface area contributed by atoms with Gasteiger partial charge in [0.25, 0.3) is 0 Å². The standard InChI is InChI=1S/C19H30N2O3/c1-15-7-6-8-16(9-15)10-21-11-17(24-19(2,3)14-21)12-23-13-18(22)20(4)5/h6-9,17H,10-14H2,1-5H3/t17-/m0/s1. The molecular formula is C19H30N2O3. The van der Waals surface area contributed by atoms with E-state index in [4.69, 9.17) is 9.47 Å². The molecule has 1 atom stereocenters. The van der Waals surface area contributed by atoms with Crippen LogP contribution in [0.15, 0.2) is 24.3 Å². The normalized spacial score (nSPS) is 20.8. The number of hydrogen-bond acceptors (Lipinski definition) is 4. The zero-order valence-corrected chi connectivity index (χ0v) is 15.5. The molecule has 2 rings (SSSR count). The van der Waals surface area contributed by atoms with E-state index in [2.05, 4.69) is 49.9 Å². The Morgan fingerprint density at radius 1 is 1.42 bits per heavy atom. The van der Waals surface area contributed by atoms with E-state index >= 15 is 0 Å². The minimum Gasteiger partial charge on any atom is -0.369 e. The molecule has 0 aliphatic carbocycles. The molecule has 1 fully saturated rings. The molecule has 0 unspecified atom stereocenters. The number of aryl methyl sites for hydroxylation is 1. The van der Waals surface area contributed by atoms with Gasteiger partial charge in [0, 0.05) is 33.7 Å². The van der Waals surface area contributed by atoms with Crippen LogP contribution in [-0.4, -0.2) is 67.8 Å². The van der Waals surface area contributed by atoms with Crippen LogP contribution >= 0.6 is 0 Å².